The number of hydrogen-bond acceptors (Lipinski definition) is 4. The highest BCUT2D eigenvalue weighted by Gasteiger charge is 2.29. The van der Waals surface area contributed by atoms with Crippen molar-refractivity contribution >= 4 is 40.0 Å². The molecule has 0 radical (unpaired) electrons. The zero-order valence-electron chi connectivity index (χ0n) is 17.1. The van der Waals surface area contributed by atoms with E-state index in [4.69, 9.17) is 4.74 Å². The lowest BCUT2D eigenvalue weighted by molar-refractivity contribution is -0.153. The molecule has 1 aromatic carbocycles. The van der Waals surface area contributed by atoms with Crippen LogP contribution >= 0.6 is 24.0 Å². The average Bonchev–Trinajstić information content (AvgIpc) is 3.10. The molecule has 1 fully saturated rings. The summed E-state index contributed by atoms with van der Waals surface area (Å²) in [7, 11) is -1.60. The Bertz CT molecular complexity index is 834. The summed E-state index contributed by atoms with van der Waals surface area (Å²) < 4.78 is 67.0. The van der Waals surface area contributed by atoms with Crippen LogP contribution in [0, 0.1) is 12.8 Å². The van der Waals surface area contributed by atoms with Gasteiger partial charge in [0.2, 0.25) is 10.0 Å². The highest BCUT2D eigenvalue weighted by Crippen LogP contribution is 2.24. The quantitative estimate of drug-likeness (QED) is 0.302. The number of benzene rings is 1. The van der Waals surface area contributed by atoms with E-state index >= 15 is 0 Å². The molecule has 172 valence electrons. The number of sulfonamides is 1. The lowest BCUT2D eigenvalue weighted by atomic mass is 10.1. The van der Waals surface area contributed by atoms with Crippen LogP contribution in [0.1, 0.15) is 17.5 Å². The number of nitrogens with one attached hydrogen (secondary N) is 2. The van der Waals surface area contributed by atoms with Gasteiger partial charge in [-0.2, -0.15) is 13.2 Å². The first-order valence-electron chi connectivity index (χ1n) is 9.16. The molecule has 0 saturated carbocycles. The van der Waals surface area contributed by atoms with E-state index in [9.17, 15) is 21.6 Å². The van der Waals surface area contributed by atoms with Gasteiger partial charge in [0.05, 0.1) is 6.26 Å². The van der Waals surface area contributed by atoms with E-state index in [0.717, 1.165) is 12.0 Å². The molecule has 0 amide bonds. The molecule has 0 aliphatic carbocycles. The first-order valence-corrected chi connectivity index (χ1v) is 11.0. The second-order valence-corrected chi connectivity index (χ2v) is 9.08. The van der Waals surface area contributed by atoms with Crippen LogP contribution in [-0.4, -0.2) is 64.4 Å². The fourth-order valence-electron chi connectivity index (χ4n) is 3.01. The van der Waals surface area contributed by atoms with Crippen molar-refractivity contribution in [1.29, 1.82) is 0 Å². The van der Waals surface area contributed by atoms with Crippen molar-refractivity contribution in [1.82, 2.24) is 14.9 Å². The van der Waals surface area contributed by atoms with Crippen LogP contribution in [0.25, 0.3) is 0 Å². The number of aliphatic imine (C=N–C) groups is 1. The Kier molecular flexibility index (Phi) is 10.1. The Morgan fingerprint density at radius 3 is 2.60 bits per heavy atom. The summed E-state index contributed by atoms with van der Waals surface area (Å²) >= 11 is 0. The van der Waals surface area contributed by atoms with Gasteiger partial charge in [0, 0.05) is 38.8 Å². The predicted octanol–water partition coefficient (Wildman–Crippen LogP) is 2.50. The lowest BCUT2D eigenvalue weighted by Gasteiger charge is -2.18. The molecule has 0 bridgehead atoms. The molecule has 12 heteroatoms. The van der Waals surface area contributed by atoms with Crippen molar-refractivity contribution < 1.29 is 26.3 Å². The summed E-state index contributed by atoms with van der Waals surface area (Å²) in [6, 6.07) is 5.07. The third kappa shape index (κ3) is 8.84. The highest BCUT2D eigenvalue weighted by molar-refractivity contribution is 14.0. The van der Waals surface area contributed by atoms with Gasteiger partial charge >= 0.3 is 6.18 Å². The zero-order chi connectivity index (χ0) is 21.7. The van der Waals surface area contributed by atoms with E-state index in [-0.39, 0.29) is 42.2 Å². The molecule has 2 rings (SSSR count). The number of ether oxygens (including phenoxy) is 1. The Labute approximate surface area is 192 Å². The molecule has 0 spiro atoms. The van der Waals surface area contributed by atoms with Gasteiger partial charge in [-0.15, -0.1) is 24.0 Å². The molecule has 1 saturated heterocycles. The lowest BCUT2D eigenvalue weighted by Crippen LogP contribution is -2.40. The minimum atomic E-state index is -4.41. The van der Waals surface area contributed by atoms with E-state index in [1.807, 2.05) is 0 Å². The number of rotatable bonds is 7. The first-order chi connectivity index (χ1) is 13.5. The zero-order valence-corrected chi connectivity index (χ0v) is 20.3. The van der Waals surface area contributed by atoms with Crippen LogP contribution in [0.3, 0.4) is 0 Å². The molecule has 1 aromatic rings. The van der Waals surface area contributed by atoms with E-state index < -0.39 is 22.8 Å². The maximum Gasteiger partial charge on any atom is 0.422 e. The van der Waals surface area contributed by atoms with Gasteiger partial charge in [0.25, 0.3) is 0 Å². The Hall–Kier alpha value is -1.28. The van der Waals surface area contributed by atoms with Gasteiger partial charge in [-0.25, -0.2) is 12.7 Å². The first kappa shape index (κ1) is 26.8. The van der Waals surface area contributed by atoms with Gasteiger partial charge in [0.1, 0.15) is 5.75 Å². The van der Waals surface area contributed by atoms with Crippen molar-refractivity contribution in [2.75, 3.05) is 39.5 Å². The SMILES string of the molecule is CN=C(NCc1ccc(C)cc1OCC(F)(F)F)NCC1CCN(S(C)(=O)=O)C1.I. The summed E-state index contributed by atoms with van der Waals surface area (Å²) in [5.74, 6) is 0.809. The number of guanidine groups is 1. The summed E-state index contributed by atoms with van der Waals surface area (Å²) in [4.78, 5) is 4.11. The maximum atomic E-state index is 12.5. The summed E-state index contributed by atoms with van der Waals surface area (Å²) in [5.41, 5.74) is 1.37. The highest BCUT2D eigenvalue weighted by atomic mass is 127. The molecular weight excluding hydrogens is 536 g/mol. The molecule has 2 N–H and O–H groups in total. The van der Waals surface area contributed by atoms with E-state index in [1.54, 1.807) is 32.2 Å². The summed E-state index contributed by atoms with van der Waals surface area (Å²) in [6.45, 7) is 2.15. The molecule has 30 heavy (non-hydrogen) atoms. The number of hydrogen-bond donors (Lipinski definition) is 2. The second kappa shape index (κ2) is 11.4. The Morgan fingerprint density at radius 1 is 1.33 bits per heavy atom. The molecular formula is C18H28F3IN4O3S. The summed E-state index contributed by atoms with van der Waals surface area (Å²) in [5, 5.41) is 6.19. The fraction of sp³-hybridized carbons (Fsp3) is 0.611. The molecule has 1 aliphatic rings. The smallest absolute Gasteiger partial charge is 0.422 e. The van der Waals surface area contributed by atoms with Crippen LogP contribution in [0.15, 0.2) is 23.2 Å². The van der Waals surface area contributed by atoms with Crippen molar-refractivity contribution in [3.63, 3.8) is 0 Å². The second-order valence-electron chi connectivity index (χ2n) is 7.10. The Balaban J connectivity index is 0.00000450. The van der Waals surface area contributed by atoms with Crippen molar-refractivity contribution in [2.45, 2.75) is 26.1 Å². The third-order valence-electron chi connectivity index (χ3n) is 4.56. The fourth-order valence-corrected chi connectivity index (χ4v) is 3.93. The molecule has 1 heterocycles. The number of alkyl halides is 3. The maximum absolute atomic E-state index is 12.5. The molecule has 1 atom stereocenters. The number of halogens is 4. The van der Waals surface area contributed by atoms with Gasteiger partial charge in [0.15, 0.2) is 12.6 Å². The minimum Gasteiger partial charge on any atom is -0.484 e. The monoisotopic (exact) mass is 564 g/mol. The number of aryl methyl sites for hydroxylation is 1. The largest absolute Gasteiger partial charge is 0.484 e. The van der Waals surface area contributed by atoms with Crippen molar-refractivity contribution in [3.05, 3.63) is 29.3 Å². The van der Waals surface area contributed by atoms with E-state index in [1.165, 1.54) is 10.6 Å². The average molecular weight is 564 g/mol. The topological polar surface area (TPSA) is 83.0 Å². The molecule has 1 unspecified atom stereocenters. The van der Waals surface area contributed by atoms with E-state index in [2.05, 4.69) is 15.6 Å². The van der Waals surface area contributed by atoms with Gasteiger partial charge in [-0.1, -0.05) is 12.1 Å². The van der Waals surface area contributed by atoms with Crippen molar-refractivity contribution in [3.8, 4) is 5.75 Å². The standard InChI is InChI=1S/C18H27F3N4O3S.HI/c1-13-4-5-15(16(8-13)28-12-18(19,20)21)10-24-17(22-2)23-9-14-6-7-25(11-14)29(3,26)27;/h4-5,8,14H,6-7,9-12H2,1-3H3,(H2,22,23,24);1H. The molecule has 0 aromatic heterocycles. The third-order valence-corrected chi connectivity index (χ3v) is 5.83. The minimum absolute atomic E-state index is 0. The van der Waals surface area contributed by atoms with Crippen LogP contribution < -0.4 is 15.4 Å². The predicted molar refractivity (Wildman–Crippen MR) is 121 cm³/mol. The summed E-state index contributed by atoms with van der Waals surface area (Å²) in [6.07, 6.45) is -2.46. The van der Waals surface area contributed by atoms with Gasteiger partial charge < -0.3 is 15.4 Å². The Morgan fingerprint density at radius 2 is 2.03 bits per heavy atom. The van der Waals surface area contributed by atoms with Crippen LogP contribution in [-0.2, 0) is 16.6 Å². The number of nitrogens with zero attached hydrogens (tertiary/aromatic N) is 2. The van der Waals surface area contributed by atoms with Crippen LogP contribution in [0.4, 0.5) is 13.2 Å². The molecule has 7 nitrogen and oxygen atoms in total. The molecule has 1 aliphatic heterocycles. The van der Waals surface area contributed by atoms with Crippen LogP contribution in [0.2, 0.25) is 0 Å². The van der Waals surface area contributed by atoms with E-state index in [0.29, 0.717) is 31.2 Å². The van der Waals surface area contributed by atoms with Crippen molar-refractivity contribution in [2.24, 2.45) is 10.9 Å². The van der Waals surface area contributed by atoms with Crippen LogP contribution in [0.5, 0.6) is 5.75 Å². The normalized spacial score (nSPS) is 18.1. The van der Waals surface area contributed by atoms with Gasteiger partial charge in [-0.3, -0.25) is 4.99 Å². The van der Waals surface area contributed by atoms with Gasteiger partial charge in [-0.05, 0) is 30.9 Å².